The number of hydrogen-bond acceptors (Lipinski definition) is 3. The number of benzene rings is 1. The van der Waals surface area contributed by atoms with E-state index in [9.17, 15) is 9.59 Å². The lowest BCUT2D eigenvalue weighted by atomic mass is 10.0. The van der Waals surface area contributed by atoms with E-state index in [-0.39, 0.29) is 10.9 Å². The molecular formula is C10H8O2S. The van der Waals surface area contributed by atoms with Crippen LogP contribution in [0, 0.1) is 13.8 Å². The van der Waals surface area contributed by atoms with Gasteiger partial charge in [0.25, 0.3) is 5.12 Å². The molecule has 1 aromatic carbocycles. The first-order valence-corrected chi connectivity index (χ1v) is 4.79. The Hall–Kier alpha value is -1.09. The largest absolute Gasteiger partial charge is 0.284 e. The van der Waals surface area contributed by atoms with Crippen molar-refractivity contribution in [1.82, 2.24) is 0 Å². The van der Waals surface area contributed by atoms with Crippen molar-refractivity contribution in [2.75, 3.05) is 0 Å². The van der Waals surface area contributed by atoms with Gasteiger partial charge < -0.3 is 0 Å². The molecule has 3 heteroatoms. The van der Waals surface area contributed by atoms with Crippen LogP contribution < -0.4 is 0 Å². The van der Waals surface area contributed by atoms with Crippen molar-refractivity contribution in [2.45, 2.75) is 18.7 Å². The van der Waals surface area contributed by atoms with E-state index in [1.807, 2.05) is 19.9 Å². The zero-order valence-corrected chi connectivity index (χ0v) is 8.20. The summed E-state index contributed by atoms with van der Waals surface area (Å²) in [6.45, 7) is 3.91. The Morgan fingerprint density at radius 3 is 2.54 bits per heavy atom. The van der Waals surface area contributed by atoms with Crippen molar-refractivity contribution in [3.05, 3.63) is 28.8 Å². The van der Waals surface area contributed by atoms with Crippen LogP contribution in [0.5, 0.6) is 0 Å². The number of ketones is 1. The van der Waals surface area contributed by atoms with Crippen LogP contribution in [0.4, 0.5) is 0 Å². The van der Waals surface area contributed by atoms with Crippen molar-refractivity contribution < 1.29 is 9.59 Å². The predicted molar refractivity (Wildman–Crippen MR) is 51.1 cm³/mol. The third kappa shape index (κ3) is 1.11. The molecular weight excluding hydrogens is 184 g/mol. The number of carbonyl (C=O) groups excluding carboxylic acids is 2. The maximum Gasteiger partial charge on any atom is 0.264 e. The van der Waals surface area contributed by atoms with Crippen molar-refractivity contribution in [3.63, 3.8) is 0 Å². The molecule has 0 fully saturated rings. The fourth-order valence-electron chi connectivity index (χ4n) is 1.35. The fraction of sp³-hybridized carbons (Fsp3) is 0.200. The molecule has 13 heavy (non-hydrogen) atoms. The molecule has 2 rings (SSSR count). The van der Waals surface area contributed by atoms with Gasteiger partial charge in [0.1, 0.15) is 0 Å². The average Bonchev–Trinajstić information content (AvgIpc) is 2.38. The van der Waals surface area contributed by atoms with Gasteiger partial charge in [-0.15, -0.1) is 0 Å². The van der Waals surface area contributed by atoms with Gasteiger partial charge in [0, 0.05) is 10.5 Å². The van der Waals surface area contributed by atoms with Gasteiger partial charge in [0.15, 0.2) is 0 Å². The second kappa shape index (κ2) is 2.70. The van der Waals surface area contributed by atoms with Crippen LogP contribution in [0.3, 0.4) is 0 Å². The molecule has 0 aliphatic carbocycles. The first-order chi connectivity index (χ1) is 6.11. The second-order valence-electron chi connectivity index (χ2n) is 3.10. The summed E-state index contributed by atoms with van der Waals surface area (Å²) in [6, 6.07) is 3.61. The number of aryl methyl sites for hydroxylation is 1. The normalized spacial score (nSPS) is 14.9. The van der Waals surface area contributed by atoms with E-state index < -0.39 is 0 Å². The molecule has 1 aliphatic heterocycles. The maximum absolute atomic E-state index is 11.3. The molecule has 0 saturated carbocycles. The number of carbonyl (C=O) groups is 2. The number of hydrogen-bond donors (Lipinski definition) is 0. The fourth-order valence-corrected chi connectivity index (χ4v) is 2.32. The minimum absolute atomic E-state index is 0.358. The van der Waals surface area contributed by atoms with Crippen LogP contribution in [0.2, 0.25) is 0 Å². The van der Waals surface area contributed by atoms with Crippen LogP contribution in [0.25, 0.3) is 0 Å². The lowest BCUT2D eigenvalue weighted by Gasteiger charge is -2.03. The van der Waals surface area contributed by atoms with Crippen LogP contribution >= 0.6 is 11.8 Å². The minimum Gasteiger partial charge on any atom is -0.284 e. The molecule has 0 amide bonds. The van der Waals surface area contributed by atoms with Crippen molar-refractivity contribution >= 4 is 22.7 Å². The van der Waals surface area contributed by atoms with E-state index in [0.29, 0.717) is 5.56 Å². The average molecular weight is 192 g/mol. The highest BCUT2D eigenvalue weighted by Gasteiger charge is 2.30. The first kappa shape index (κ1) is 8.51. The molecule has 2 nitrogen and oxygen atoms in total. The second-order valence-corrected chi connectivity index (χ2v) is 4.09. The van der Waals surface area contributed by atoms with Crippen LogP contribution in [-0.4, -0.2) is 10.9 Å². The number of rotatable bonds is 0. The van der Waals surface area contributed by atoms with E-state index in [1.165, 1.54) is 0 Å². The predicted octanol–water partition coefficient (Wildman–Crippen LogP) is 2.12. The summed E-state index contributed by atoms with van der Waals surface area (Å²) in [4.78, 5) is 23.2. The van der Waals surface area contributed by atoms with Gasteiger partial charge in [0.2, 0.25) is 5.78 Å². The third-order valence-corrected chi connectivity index (χ3v) is 3.40. The zero-order valence-electron chi connectivity index (χ0n) is 7.38. The lowest BCUT2D eigenvalue weighted by molar-refractivity contribution is -0.107. The summed E-state index contributed by atoms with van der Waals surface area (Å²) in [7, 11) is 0. The van der Waals surface area contributed by atoms with Gasteiger partial charge in [0.05, 0.1) is 0 Å². The van der Waals surface area contributed by atoms with Crippen molar-refractivity contribution in [2.24, 2.45) is 0 Å². The number of Topliss-reactive ketones (excluding diaryl/α,β-unsaturated/α-hetero) is 1. The standard InChI is InChI=1S/C10H8O2S/c1-5-3-4-7-8(11)10(12)13-9(7)6(5)2/h3-4H,1-2H3. The Balaban J connectivity index is 2.70. The molecule has 0 spiro atoms. The highest BCUT2D eigenvalue weighted by molar-refractivity contribution is 8.16. The molecule has 0 unspecified atom stereocenters. The van der Waals surface area contributed by atoms with Gasteiger partial charge in [-0.05, 0) is 42.8 Å². The number of thioether (sulfide) groups is 1. The summed E-state index contributed by atoms with van der Waals surface area (Å²) < 4.78 is 0. The number of fused-ring (bicyclic) bond motifs is 1. The van der Waals surface area contributed by atoms with Crippen LogP contribution in [0.15, 0.2) is 17.0 Å². The monoisotopic (exact) mass is 192 g/mol. The highest BCUT2D eigenvalue weighted by Crippen LogP contribution is 2.36. The van der Waals surface area contributed by atoms with Crippen molar-refractivity contribution in [1.29, 1.82) is 0 Å². The van der Waals surface area contributed by atoms with E-state index in [2.05, 4.69) is 0 Å². The molecule has 1 heterocycles. The van der Waals surface area contributed by atoms with Gasteiger partial charge >= 0.3 is 0 Å². The molecule has 0 aromatic heterocycles. The summed E-state index contributed by atoms with van der Waals surface area (Å²) in [5.41, 5.74) is 2.73. The third-order valence-electron chi connectivity index (χ3n) is 2.30. The van der Waals surface area contributed by atoms with Gasteiger partial charge in [-0.1, -0.05) is 6.07 Å². The molecule has 1 aliphatic rings. The van der Waals surface area contributed by atoms with Crippen molar-refractivity contribution in [3.8, 4) is 0 Å². The summed E-state index contributed by atoms with van der Waals surface area (Å²) in [6.07, 6.45) is 0. The minimum atomic E-state index is -0.358. The Bertz CT molecular complexity index is 421. The molecule has 0 radical (unpaired) electrons. The summed E-state index contributed by atoms with van der Waals surface area (Å²) >= 11 is 1.05. The topological polar surface area (TPSA) is 34.1 Å². The summed E-state index contributed by atoms with van der Waals surface area (Å²) in [5.74, 6) is -0.358. The maximum atomic E-state index is 11.3. The Morgan fingerprint density at radius 1 is 1.15 bits per heavy atom. The molecule has 0 bridgehead atoms. The quantitative estimate of drug-likeness (QED) is 0.590. The van der Waals surface area contributed by atoms with E-state index >= 15 is 0 Å². The lowest BCUT2D eigenvalue weighted by Crippen LogP contribution is -2.02. The molecule has 66 valence electrons. The van der Waals surface area contributed by atoms with Crippen LogP contribution in [0.1, 0.15) is 21.5 Å². The highest BCUT2D eigenvalue weighted by atomic mass is 32.2. The zero-order chi connectivity index (χ0) is 9.59. The van der Waals surface area contributed by atoms with Gasteiger partial charge in [-0.25, -0.2) is 0 Å². The Morgan fingerprint density at radius 2 is 1.85 bits per heavy atom. The molecule has 0 N–H and O–H groups in total. The SMILES string of the molecule is Cc1ccc2c(c1C)SC(=O)C2=O. The first-order valence-electron chi connectivity index (χ1n) is 3.98. The Labute approximate surface area is 80.3 Å². The van der Waals surface area contributed by atoms with E-state index in [4.69, 9.17) is 0 Å². The molecule has 1 aromatic rings. The Kier molecular flexibility index (Phi) is 1.77. The van der Waals surface area contributed by atoms with Gasteiger partial charge in [-0.3, -0.25) is 9.59 Å². The van der Waals surface area contributed by atoms with E-state index in [1.54, 1.807) is 6.07 Å². The van der Waals surface area contributed by atoms with Gasteiger partial charge in [-0.2, -0.15) is 0 Å². The van der Waals surface area contributed by atoms with E-state index in [0.717, 1.165) is 27.8 Å². The van der Waals surface area contributed by atoms with Crippen LogP contribution in [-0.2, 0) is 4.79 Å². The molecule has 0 saturated heterocycles. The smallest absolute Gasteiger partial charge is 0.264 e. The summed E-state index contributed by atoms with van der Waals surface area (Å²) in [5, 5.41) is -0.358. The molecule has 0 atom stereocenters.